The van der Waals surface area contributed by atoms with Gasteiger partial charge >= 0.3 is 0 Å². The van der Waals surface area contributed by atoms with E-state index in [4.69, 9.17) is 9.88 Å². The number of hydrogen-bond donors (Lipinski definition) is 3. The van der Waals surface area contributed by atoms with Crippen molar-refractivity contribution in [2.24, 2.45) is 5.14 Å². The van der Waals surface area contributed by atoms with E-state index in [1.807, 2.05) is 0 Å². The summed E-state index contributed by atoms with van der Waals surface area (Å²) in [7, 11) is -6.49. The average molecular weight is 358 g/mol. The van der Waals surface area contributed by atoms with Crippen molar-refractivity contribution in [3.05, 3.63) is 42.6 Å². The second kappa shape index (κ2) is 6.50. The number of pyridine rings is 1. The van der Waals surface area contributed by atoms with Gasteiger partial charge in [0, 0.05) is 12.3 Å². The summed E-state index contributed by atoms with van der Waals surface area (Å²) in [5.74, 6) is -0.00769. The molecular formula is C12H14N4O5S2. The minimum atomic E-state index is -3.95. The third-order valence-electron chi connectivity index (χ3n) is 2.73. The Morgan fingerprint density at radius 1 is 1.09 bits per heavy atom. The number of anilines is 1. The van der Waals surface area contributed by atoms with Gasteiger partial charge in [0.05, 0.1) is 12.0 Å². The summed E-state index contributed by atoms with van der Waals surface area (Å²) in [4.78, 5) is 5.70. The zero-order chi connectivity index (χ0) is 17.1. The first-order chi connectivity index (χ1) is 10.7. The molecule has 0 amide bonds. The fourth-order valence-electron chi connectivity index (χ4n) is 1.61. The van der Waals surface area contributed by atoms with Gasteiger partial charge in [-0.15, -0.1) is 4.83 Å². The maximum absolute atomic E-state index is 12.1. The highest BCUT2D eigenvalue weighted by molar-refractivity contribution is 7.89. The number of hydrazine groups is 1. The number of nitrogens with two attached hydrogens (primary N) is 1. The standard InChI is InChI=1S/C12H14N4O5S2/c1-21-11-7-10(22(13,17)18)8-14-12(11)15-16-23(19,20)9-5-3-2-4-6-9/h2-8,16H,1H3,(H,14,15)(H2,13,17,18). The van der Waals surface area contributed by atoms with Crippen molar-refractivity contribution in [2.45, 2.75) is 9.79 Å². The Labute approximate surface area is 133 Å². The molecular weight excluding hydrogens is 344 g/mol. The maximum Gasteiger partial charge on any atom is 0.257 e. The Bertz CT molecular complexity index is 898. The lowest BCUT2D eigenvalue weighted by Gasteiger charge is -2.12. The van der Waals surface area contributed by atoms with E-state index in [-0.39, 0.29) is 21.4 Å². The van der Waals surface area contributed by atoms with Gasteiger partial charge in [-0.1, -0.05) is 18.2 Å². The molecule has 0 saturated heterocycles. The van der Waals surface area contributed by atoms with Crippen molar-refractivity contribution in [1.82, 2.24) is 9.82 Å². The van der Waals surface area contributed by atoms with Crippen LogP contribution in [0.25, 0.3) is 0 Å². The number of hydrogen-bond acceptors (Lipinski definition) is 7. The summed E-state index contributed by atoms with van der Waals surface area (Å²) in [5, 5.41) is 4.99. The minimum Gasteiger partial charge on any atom is -0.493 e. The molecule has 124 valence electrons. The van der Waals surface area contributed by atoms with Crippen LogP contribution in [0.15, 0.2) is 52.4 Å². The van der Waals surface area contributed by atoms with Gasteiger partial charge in [0.25, 0.3) is 10.0 Å². The molecule has 1 heterocycles. The van der Waals surface area contributed by atoms with E-state index in [9.17, 15) is 16.8 Å². The van der Waals surface area contributed by atoms with Gasteiger partial charge in [-0.3, -0.25) is 5.43 Å². The minimum absolute atomic E-state index is 0.00675. The van der Waals surface area contributed by atoms with Crippen molar-refractivity contribution in [1.29, 1.82) is 0 Å². The highest BCUT2D eigenvalue weighted by Crippen LogP contribution is 2.24. The summed E-state index contributed by atoms with van der Waals surface area (Å²) >= 11 is 0. The molecule has 2 aromatic rings. The first kappa shape index (κ1) is 17.1. The van der Waals surface area contributed by atoms with E-state index >= 15 is 0 Å². The largest absolute Gasteiger partial charge is 0.493 e. The lowest BCUT2D eigenvalue weighted by Crippen LogP contribution is -2.30. The van der Waals surface area contributed by atoms with Crippen molar-refractivity contribution < 1.29 is 21.6 Å². The van der Waals surface area contributed by atoms with Crippen LogP contribution in [0.3, 0.4) is 0 Å². The van der Waals surface area contributed by atoms with Crippen LogP contribution in [0, 0.1) is 0 Å². The summed E-state index contributed by atoms with van der Waals surface area (Å²) in [6.07, 6.45) is 0.983. The number of rotatable bonds is 6. The molecule has 0 saturated carbocycles. The van der Waals surface area contributed by atoms with Crippen LogP contribution in [0.5, 0.6) is 5.75 Å². The van der Waals surface area contributed by atoms with Crippen LogP contribution in [0.4, 0.5) is 5.82 Å². The summed E-state index contributed by atoms with van der Waals surface area (Å²) in [6, 6.07) is 8.80. The van der Waals surface area contributed by atoms with Crippen LogP contribution >= 0.6 is 0 Å². The summed E-state index contributed by atoms with van der Waals surface area (Å²) < 4.78 is 51.6. The monoisotopic (exact) mass is 358 g/mol. The zero-order valence-electron chi connectivity index (χ0n) is 11.9. The molecule has 0 radical (unpaired) electrons. The Morgan fingerprint density at radius 2 is 1.74 bits per heavy atom. The van der Waals surface area contributed by atoms with Gasteiger partial charge in [-0.2, -0.15) is 0 Å². The van der Waals surface area contributed by atoms with Gasteiger partial charge in [-0.25, -0.2) is 27.0 Å². The van der Waals surface area contributed by atoms with Crippen molar-refractivity contribution >= 4 is 25.9 Å². The first-order valence-corrected chi connectivity index (χ1v) is 9.17. The van der Waals surface area contributed by atoms with Crippen molar-refractivity contribution in [3.8, 4) is 5.75 Å². The molecule has 0 fully saturated rings. The van der Waals surface area contributed by atoms with Crippen LogP contribution < -0.4 is 20.1 Å². The summed E-state index contributed by atoms with van der Waals surface area (Å²) in [6.45, 7) is 0. The Balaban J connectivity index is 2.24. The van der Waals surface area contributed by atoms with E-state index in [1.54, 1.807) is 18.2 Å². The van der Waals surface area contributed by atoms with Crippen LogP contribution in [0.2, 0.25) is 0 Å². The molecule has 11 heteroatoms. The normalized spacial score (nSPS) is 11.9. The lowest BCUT2D eigenvalue weighted by atomic mass is 10.4. The van der Waals surface area contributed by atoms with Gasteiger partial charge in [0.2, 0.25) is 10.0 Å². The number of nitrogens with zero attached hydrogens (tertiary/aromatic N) is 1. The molecule has 23 heavy (non-hydrogen) atoms. The molecule has 0 aliphatic rings. The number of ether oxygens (including phenoxy) is 1. The predicted octanol–water partition coefficient (Wildman–Crippen LogP) is 0.0430. The van der Waals surface area contributed by atoms with Gasteiger partial charge in [-0.05, 0) is 12.1 Å². The molecule has 4 N–H and O–H groups in total. The SMILES string of the molecule is COc1cc(S(N)(=O)=O)cnc1NNS(=O)(=O)c1ccccc1. The van der Waals surface area contributed by atoms with Gasteiger partial charge in [0.15, 0.2) is 11.6 Å². The Hall–Kier alpha value is -2.21. The molecule has 0 aliphatic carbocycles. The van der Waals surface area contributed by atoms with Gasteiger partial charge in [0.1, 0.15) is 4.90 Å². The first-order valence-electron chi connectivity index (χ1n) is 6.14. The lowest BCUT2D eigenvalue weighted by molar-refractivity contribution is 0.413. The smallest absolute Gasteiger partial charge is 0.257 e. The highest BCUT2D eigenvalue weighted by Gasteiger charge is 2.17. The van der Waals surface area contributed by atoms with Crippen LogP contribution in [0.1, 0.15) is 0 Å². The molecule has 0 aliphatic heterocycles. The Morgan fingerprint density at radius 3 is 2.30 bits per heavy atom. The Kier molecular flexibility index (Phi) is 4.85. The van der Waals surface area contributed by atoms with E-state index in [1.165, 1.54) is 19.2 Å². The molecule has 1 aromatic heterocycles. The molecule has 9 nitrogen and oxygen atoms in total. The topological polar surface area (TPSA) is 140 Å². The second-order valence-electron chi connectivity index (χ2n) is 4.31. The van der Waals surface area contributed by atoms with Crippen LogP contribution in [-0.4, -0.2) is 28.9 Å². The van der Waals surface area contributed by atoms with E-state index < -0.39 is 20.0 Å². The van der Waals surface area contributed by atoms with E-state index in [0.717, 1.165) is 12.3 Å². The van der Waals surface area contributed by atoms with Crippen molar-refractivity contribution in [3.63, 3.8) is 0 Å². The molecule has 0 atom stereocenters. The third-order valence-corrected chi connectivity index (χ3v) is 4.88. The molecule has 2 rings (SSSR count). The van der Waals surface area contributed by atoms with Gasteiger partial charge < -0.3 is 4.74 Å². The fraction of sp³-hybridized carbons (Fsp3) is 0.0833. The van der Waals surface area contributed by atoms with E-state index in [2.05, 4.69) is 15.2 Å². The number of benzene rings is 1. The maximum atomic E-state index is 12.1. The second-order valence-corrected chi connectivity index (χ2v) is 7.55. The zero-order valence-corrected chi connectivity index (χ0v) is 13.6. The highest BCUT2D eigenvalue weighted by atomic mass is 32.2. The number of sulfonamides is 2. The van der Waals surface area contributed by atoms with Crippen molar-refractivity contribution in [2.75, 3.05) is 12.5 Å². The summed E-state index contributed by atoms with van der Waals surface area (Å²) in [5.41, 5.74) is 2.37. The number of aromatic nitrogens is 1. The quantitative estimate of drug-likeness (QED) is 0.619. The fourth-order valence-corrected chi connectivity index (χ4v) is 2.94. The molecule has 1 aromatic carbocycles. The third kappa shape index (κ3) is 4.16. The molecule has 0 unspecified atom stereocenters. The predicted molar refractivity (Wildman–Crippen MR) is 82.5 cm³/mol. The average Bonchev–Trinajstić information content (AvgIpc) is 2.52. The number of nitrogens with one attached hydrogen (secondary N) is 2. The molecule has 0 spiro atoms. The van der Waals surface area contributed by atoms with Crippen LogP contribution in [-0.2, 0) is 20.0 Å². The number of methoxy groups -OCH3 is 1. The number of primary sulfonamides is 1. The molecule has 0 bridgehead atoms. The van der Waals surface area contributed by atoms with E-state index in [0.29, 0.717) is 0 Å².